The highest BCUT2D eigenvalue weighted by Gasteiger charge is 2.08. The zero-order valence-corrected chi connectivity index (χ0v) is 22.4. The van der Waals surface area contributed by atoms with E-state index in [1.54, 1.807) is 12.1 Å². The molecule has 0 heterocycles. The monoisotopic (exact) mass is 468 g/mol. The second-order valence-electron chi connectivity index (χ2n) is 9.68. The molecule has 0 aliphatic carbocycles. The van der Waals surface area contributed by atoms with Crippen LogP contribution in [0.1, 0.15) is 149 Å². The van der Waals surface area contributed by atoms with Crippen LogP contribution in [0.25, 0.3) is 0 Å². The van der Waals surface area contributed by atoms with Crippen molar-refractivity contribution >= 4 is 11.9 Å². The van der Waals surface area contributed by atoms with Gasteiger partial charge in [-0.1, -0.05) is 117 Å². The van der Waals surface area contributed by atoms with Crippen LogP contribution in [-0.4, -0.2) is 37.1 Å². The molecule has 0 fully saturated rings. The molecule has 0 saturated heterocycles. The van der Waals surface area contributed by atoms with E-state index in [1.165, 1.54) is 89.9 Å². The van der Waals surface area contributed by atoms with Crippen LogP contribution in [0.4, 0.5) is 0 Å². The Hall–Kier alpha value is -1.10. The highest BCUT2D eigenvalue weighted by atomic mass is 16.7. The van der Waals surface area contributed by atoms with Crippen LogP contribution in [0.3, 0.4) is 0 Å². The van der Waals surface area contributed by atoms with E-state index in [-0.39, 0.29) is 11.9 Å². The predicted octanol–water partition coefficient (Wildman–Crippen LogP) is 7.72. The summed E-state index contributed by atoms with van der Waals surface area (Å²) >= 11 is 0. The van der Waals surface area contributed by atoms with Gasteiger partial charge in [-0.3, -0.25) is 9.59 Å². The highest BCUT2D eigenvalue weighted by molar-refractivity contribution is 5.75. The van der Waals surface area contributed by atoms with E-state index in [4.69, 9.17) is 4.84 Å². The average molecular weight is 469 g/mol. The molecule has 0 saturated carbocycles. The molecule has 33 heavy (non-hydrogen) atoms. The van der Waals surface area contributed by atoms with Gasteiger partial charge in [0, 0.05) is 33.0 Å². The minimum absolute atomic E-state index is 0.142. The Labute approximate surface area is 205 Å². The SMILES string of the molecule is CCCCCCCCCCCC(=O)NCCCN(C)OC(=O)CCCCCCCCCCC. The van der Waals surface area contributed by atoms with Crippen molar-refractivity contribution in [3.8, 4) is 0 Å². The predicted molar refractivity (Wildman–Crippen MR) is 140 cm³/mol. The molecule has 0 radical (unpaired) electrons. The molecular weight excluding hydrogens is 412 g/mol. The number of nitrogens with one attached hydrogen (secondary N) is 1. The van der Waals surface area contributed by atoms with Crippen LogP contribution < -0.4 is 5.32 Å². The van der Waals surface area contributed by atoms with Crippen molar-refractivity contribution in [1.29, 1.82) is 0 Å². The summed E-state index contributed by atoms with van der Waals surface area (Å²) in [4.78, 5) is 29.2. The van der Waals surface area contributed by atoms with Gasteiger partial charge in [0.15, 0.2) is 0 Å². The zero-order valence-electron chi connectivity index (χ0n) is 22.4. The lowest BCUT2D eigenvalue weighted by Gasteiger charge is -2.16. The van der Waals surface area contributed by atoms with Crippen LogP contribution in [0.2, 0.25) is 0 Å². The number of nitrogens with zero attached hydrogens (tertiary/aromatic N) is 1. The van der Waals surface area contributed by atoms with E-state index in [0.29, 0.717) is 25.9 Å². The van der Waals surface area contributed by atoms with Gasteiger partial charge >= 0.3 is 5.97 Å². The fourth-order valence-corrected chi connectivity index (χ4v) is 4.06. The molecule has 0 aromatic rings. The fraction of sp³-hybridized carbons (Fsp3) is 0.929. The van der Waals surface area contributed by atoms with Crippen LogP contribution in [0.15, 0.2) is 0 Å². The van der Waals surface area contributed by atoms with Crippen molar-refractivity contribution in [1.82, 2.24) is 10.4 Å². The Balaban J connectivity index is 3.43. The van der Waals surface area contributed by atoms with Crippen LogP contribution >= 0.6 is 0 Å². The van der Waals surface area contributed by atoms with Gasteiger partial charge in [-0.25, -0.2) is 0 Å². The first kappa shape index (κ1) is 31.9. The van der Waals surface area contributed by atoms with E-state index in [9.17, 15) is 9.59 Å². The van der Waals surface area contributed by atoms with Crippen LogP contribution in [0.5, 0.6) is 0 Å². The average Bonchev–Trinajstić information content (AvgIpc) is 2.79. The number of rotatable bonds is 25. The Morgan fingerprint density at radius 2 is 1.03 bits per heavy atom. The van der Waals surface area contributed by atoms with E-state index in [2.05, 4.69) is 19.2 Å². The van der Waals surface area contributed by atoms with Crippen molar-refractivity contribution in [3.63, 3.8) is 0 Å². The lowest BCUT2D eigenvalue weighted by Crippen LogP contribution is -2.29. The second-order valence-corrected chi connectivity index (χ2v) is 9.68. The number of amides is 1. The molecule has 1 N–H and O–H groups in total. The Morgan fingerprint density at radius 3 is 1.52 bits per heavy atom. The van der Waals surface area contributed by atoms with Crippen molar-refractivity contribution < 1.29 is 14.4 Å². The Morgan fingerprint density at radius 1 is 0.606 bits per heavy atom. The van der Waals surface area contributed by atoms with Crippen molar-refractivity contribution in [2.24, 2.45) is 0 Å². The number of hydroxylamine groups is 2. The largest absolute Gasteiger partial charge is 0.368 e. The lowest BCUT2D eigenvalue weighted by molar-refractivity contribution is -0.184. The molecule has 0 bridgehead atoms. The highest BCUT2D eigenvalue weighted by Crippen LogP contribution is 2.12. The molecule has 0 aromatic heterocycles. The van der Waals surface area contributed by atoms with Crippen molar-refractivity contribution in [2.45, 2.75) is 149 Å². The molecule has 5 heteroatoms. The maximum atomic E-state index is 11.9. The minimum Gasteiger partial charge on any atom is -0.368 e. The molecule has 0 atom stereocenters. The Bertz CT molecular complexity index is 443. The van der Waals surface area contributed by atoms with Crippen molar-refractivity contribution in [3.05, 3.63) is 0 Å². The van der Waals surface area contributed by atoms with E-state index in [1.807, 2.05) is 0 Å². The van der Waals surface area contributed by atoms with Gasteiger partial charge in [0.25, 0.3) is 0 Å². The van der Waals surface area contributed by atoms with Gasteiger partial charge in [0.2, 0.25) is 5.91 Å². The summed E-state index contributed by atoms with van der Waals surface area (Å²) in [5.74, 6) is -0.00204. The van der Waals surface area contributed by atoms with E-state index >= 15 is 0 Å². The first-order chi connectivity index (χ1) is 16.1. The first-order valence-corrected chi connectivity index (χ1v) is 14.3. The third kappa shape index (κ3) is 25.4. The van der Waals surface area contributed by atoms with Crippen LogP contribution in [0, 0.1) is 0 Å². The van der Waals surface area contributed by atoms with Gasteiger partial charge in [0.1, 0.15) is 0 Å². The number of unbranched alkanes of at least 4 members (excludes halogenated alkanes) is 16. The normalized spacial score (nSPS) is 11.2. The molecule has 0 aliphatic rings. The molecular formula is C28H56N2O3. The molecule has 0 spiro atoms. The van der Waals surface area contributed by atoms with Crippen LogP contribution in [-0.2, 0) is 14.4 Å². The molecule has 5 nitrogen and oxygen atoms in total. The number of hydrogen-bond donors (Lipinski definition) is 1. The summed E-state index contributed by atoms with van der Waals surface area (Å²) in [6.45, 7) is 5.77. The second kappa shape index (κ2) is 25.5. The van der Waals surface area contributed by atoms with Gasteiger partial charge in [-0.05, 0) is 19.3 Å². The molecule has 0 rings (SSSR count). The summed E-state index contributed by atoms with van der Waals surface area (Å²) in [5, 5.41) is 4.58. The lowest BCUT2D eigenvalue weighted by atomic mass is 10.1. The molecule has 1 amide bonds. The minimum atomic E-state index is -0.144. The number of carbonyl (C=O) groups is 2. The quantitative estimate of drug-likeness (QED) is 0.110. The molecule has 0 aromatic carbocycles. The maximum absolute atomic E-state index is 11.9. The van der Waals surface area contributed by atoms with Gasteiger partial charge < -0.3 is 10.2 Å². The van der Waals surface area contributed by atoms with E-state index < -0.39 is 0 Å². The molecule has 0 aliphatic heterocycles. The van der Waals surface area contributed by atoms with Gasteiger partial charge in [0.05, 0.1) is 0 Å². The standard InChI is InChI=1S/C28H56N2O3/c1-4-6-8-10-12-14-16-18-20-23-27(31)29-25-22-26-30(3)33-28(32)24-21-19-17-15-13-11-9-7-5-2/h4-26H2,1-3H3,(H,29,31). The number of carbonyl (C=O) groups excluding carboxylic acids is 2. The maximum Gasteiger partial charge on any atom is 0.325 e. The summed E-state index contributed by atoms with van der Waals surface area (Å²) < 4.78 is 0. The first-order valence-electron chi connectivity index (χ1n) is 14.3. The summed E-state index contributed by atoms with van der Waals surface area (Å²) in [5.41, 5.74) is 0. The fourth-order valence-electron chi connectivity index (χ4n) is 4.06. The van der Waals surface area contributed by atoms with Crippen molar-refractivity contribution in [2.75, 3.05) is 20.1 Å². The molecule has 196 valence electrons. The van der Waals surface area contributed by atoms with Gasteiger partial charge in [-0.15, -0.1) is 5.06 Å². The summed E-state index contributed by atoms with van der Waals surface area (Å²) in [6, 6.07) is 0. The third-order valence-corrected chi connectivity index (χ3v) is 6.22. The Kier molecular flexibility index (Phi) is 24.7. The summed E-state index contributed by atoms with van der Waals surface area (Å²) in [7, 11) is 1.79. The van der Waals surface area contributed by atoms with E-state index in [0.717, 1.165) is 32.1 Å². The smallest absolute Gasteiger partial charge is 0.325 e. The number of hydrogen-bond acceptors (Lipinski definition) is 4. The topological polar surface area (TPSA) is 58.6 Å². The zero-order chi connectivity index (χ0) is 24.4. The summed E-state index contributed by atoms with van der Waals surface area (Å²) in [6.07, 6.45) is 24.5. The third-order valence-electron chi connectivity index (χ3n) is 6.22. The van der Waals surface area contributed by atoms with Gasteiger partial charge in [-0.2, -0.15) is 0 Å². The molecule has 0 unspecified atom stereocenters.